The van der Waals surface area contributed by atoms with Crippen LogP contribution in [-0.2, 0) is 0 Å². The van der Waals surface area contributed by atoms with Gasteiger partial charge in [-0.3, -0.25) is 4.79 Å². The molecule has 1 aromatic carbocycles. The number of benzene rings is 1. The third-order valence-corrected chi connectivity index (χ3v) is 4.98. The molecule has 1 saturated heterocycles. The Morgan fingerprint density at radius 1 is 1.33 bits per heavy atom. The Labute approximate surface area is 148 Å². The topological polar surface area (TPSA) is 63.0 Å². The molecular weight excluding hydrogens is 328 g/mol. The molecule has 5 nitrogen and oxygen atoms in total. The second-order valence-corrected chi connectivity index (χ2v) is 7.38. The minimum absolute atomic E-state index is 0.0143. The van der Waals surface area contributed by atoms with Crippen LogP contribution in [0.2, 0.25) is 5.02 Å². The number of hydrogen-bond donors (Lipinski definition) is 3. The normalized spacial score (nSPS) is 16.0. The minimum Gasteiger partial charge on any atom is -0.503 e. The summed E-state index contributed by atoms with van der Waals surface area (Å²) < 4.78 is 5.33. The maximum absolute atomic E-state index is 12.5. The number of piperidine rings is 1. The van der Waals surface area contributed by atoms with Crippen LogP contribution in [0.5, 0.6) is 11.5 Å². The lowest BCUT2D eigenvalue weighted by Crippen LogP contribution is -3.20. The van der Waals surface area contributed by atoms with Crippen molar-refractivity contribution >= 4 is 17.5 Å². The number of aromatic hydroxyl groups is 1. The van der Waals surface area contributed by atoms with Crippen LogP contribution < -0.4 is 15.0 Å². The van der Waals surface area contributed by atoms with Crippen LogP contribution >= 0.6 is 11.6 Å². The largest absolute Gasteiger partial charge is 0.503 e. The van der Waals surface area contributed by atoms with E-state index in [4.69, 9.17) is 16.3 Å². The highest BCUT2D eigenvalue weighted by atomic mass is 35.5. The number of amides is 1. The van der Waals surface area contributed by atoms with E-state index in [2.05, 4.69) is 19.2 Å². The second-order valence-electron chi connectivity index (χ2n) is 6.97. The summed E-state index contributed by atoms with van der Waals surface area (Å²) in [6.45, 7) is 9.46. The van der Waals surface area contributed by atoms with Gasteiger partial charge in [-0.1, -0.05) is 11.6 Å². The molecule has 1 fully saturated rings. The lowest BCUT2D eigenvalue weighted by atomic mass is 9.98. The zero-order valence-electron chi connectivity index (χ0n) is 14.7. The van der Waals surface area contributed by atoms with E-state index < -0.39 is 0 Å². The summed E-state index contributed by atoms with van der Waals surface area (Å²) >= 11 is 6.00. The molecule has 0 unspecified atom stereocenters. The van der Waals surface area contributed by atoms with Crippen LogP contribution in [-0.4, -0.2) is 42.8 Å². The first kappa shape index (κ1) is 18.9. The first-order valence-electron chi connectivity index (χ1n) is 8.64. The molecular formula is C18H28ClN2O3+. The predicted octanol–water partition coefficient (Wildman–Crippen LogP) is 2.02. The van der Waals surface area contributed by atoms with Gasteiger partial charge in [-0.2, -0.15) is 0 Å². The fourth-order valence-corrected chi connectivity index (χ4v) is 3.36. The molecule has 0 aromatic heterocycles. The van der Waals surface area contributed by atoms with Gasteiger partial charge in [0.05, 0.1) is 31.3 Å². The number of carbonyl (C=O) groups is 1. The first-order valence-corrected chi connectivity index (χ1v) is 9.01. The van der Waals surface area contributed by atoms with Crippen molar-refractivity contribution in [1.82, 2.24) is 5.32 Å². The summed E-state index contributed by atoms with van der Waals surface area (Å²) in [6.07, 6.45) is 3.80. The fraction of sp³-hybridized carbons (Fsp3) is 0.611. The molecule has 0 atom stereocenters. The number of rotatable bonds is 6. The van der Waals surface area contributed by atoms with Crippen LogP contribution in [0, 0.1) is 0 Å². The smallest absolute Gasteiger partial charge is 0.251 e. The van der Waals surface area contributed by atoms with Crippen LogP contribution in [0.1, 0.15) is 50.4 Å². The van der Waals surface area contributed by atoms with Crippen molar-refractivity contribution in [3.63, 3.8) is 0 Å². The molecule has 1 heterocycles. The van der Waals surface area contributed by atoms with Gasteiger partial charge in [-0.25, -0.2) is 0 Å². The first-order chi connectivity index (χ1) is 11.3. The number of halogens is 1. The van der Waals surface area contributed by atoms with Gasteiger partial charge >= 0.3 is 0 Å². The Hall–Kier alpha value is -1.46. The molecule has 1 amide bonds. The Morgan fingerprint density at radius 3 is 2.62 bits per heavy atom. The molecule has 6 heteroatoms. The second kappa shape index (κ2) is 8.08. The molecule has 0 radical (unpaired) electrons. The number of carbonyl (C=O) groups excluding carboxylic acids is 1. The van der Waals surface area contributed by atoms with Crippen LogP contribution in [0.25, 0.3) is 0 Å². The zero-order valence-corrected chi connectivity index (χ0v) is 15.5. The number of phenols is 1. The van der Waals surface area contributed by atoms with Crippen molar-refractivity contribution in [2.75, 3.05) is 26.2 Å². The predicted molar refractivity (Wildman–Crippen MR) is 95.2 cm³/mol. The summed E-state index contributed by atoms with van der Waals surface area (Å²) in [5.74, 6) is -0.105. The highest BCUT2D eigenvalue weighted by Crippen LogP contribution is 2.35. The average molecular weight is 356 g/mol. The Kier molecular flexibility index (Phi) is 6.35. The van der Waals surface area contributed by atoms with Gasteiger partial charge in [0.15, 0.2) is 11.5 Å². The molecule has 1 aliphatic heterocycles. The number of nitrogens with one attached hydrogen (secondary N) is 2. The van der Waals surface area contributed by atoms with E-state index in [0.717, 1.165) is 13.1 Å². The molecule has 0 aliphatic carbocycles. The molecule has 2 rings (SSSR count). The minimum atomic E-state index is -0.206. The lowest BCUT2D eigenvalue weighted by molar-refractivity contribution is -0.951. The van der Waals surface area contributed by atoms with Crippen molar-refractivity contribution < 1.29 is 19.5 Å². The highest BCUT2D eigenvalue weighted by molar-refractivity contribution is 6.32. The van der Waals surface area contributed by atoms with Gasteiger partial charge in [0.1, 0.15) is 5.54 Å². The Balaban J connectivity index is 2.04. The number of quaternary nitrogens is 1. The maximum Gasteiger partial charge on any atom is 0.251 e. The average Bonchev–Trinajstić information content (AvgIpc) is 2.57. The number of phenolic OH excluding ortho intramolecular Hbond substituents is 1. The number of likely N-dealkylation sites (tertiary alicyclic amines) is 1. The fourth-order valence-electron chi connectivity index (χ4n) is 3.15. The maximum atomic E-state index is 12.5. The highest BCUT2D eigenvalue weighted by Gasteiger charge is 2.32. The van der Waals surface area contributed by atoms with E-state index in [-0.39, 0.29) is 28.0 Å². The van der Waals surface area contributed by atoms with Gasteiger partial charge in [-0.05, 0) is 52.2 Å². The van der Waals surface area contributed by atoms with Gasteiger partial charge in [0.2, 0.25) is 0 Å². The standard InChI is InChI=1S/C18H27ClN2O3/c1-4-24-15-11-13(10-14(19)16(15)22)17(23)20-12-18(2,3)21-8-6-5-7-9-21/h10-11,22H,4-9,12H2,1-3H3,(H,20,23)/p+1. The van der Waals surface area contributed by atoms with E-state index in [0.29, 0.717) is 18.7 Å². The van der Waals surface area contributed by atoms with E-state index >= 15 is 0 Å². The summed E-state index contributed by atoms with van der Waals surface area (Å²) in [6, 6.07) is 3.00. The summed E-state index contributed by atoms with van der Waals surface area (Å²) in [4.78, 5) is 14.0. The van der Waals surface area contributed by atoms with Crippen molar-refractivity contribution in [3.05, 3.63) is 22.7 Å². The van der Waals surface area contributed by atoms with E-state index in [9.17, 15) is 9.90 Å². The monoisotopic (exact) mass is 355 g/mol. The van der Waals surface area contributed by atoms with E-state index in [1.165, 1.54) is 36.3 Å². The SMILES string of the molecule is CCOc1cc(C(=O)NCC(C)(C)[NH+]2CCCCC2)cc(Cl)c1O. The molecule has 0 spiro atoms. The Bertz CT molecular complexity index is 584. The van der Waals surface area contributed by atoms with Gasteiger partial charge in [0.25, 0.3) is 5.91 Å². The molecule has 0 bridgehead atoms. The van der Waals surface area contributed by atoms with Crippen molar-refractivity contribution in [1.29, 1.82) is 0 Å². The van der Waals surface area contributed by atoms with Crippen molar-refractivity contribution in [2.24, 2.45) is 0 Å². The zero-order chi connectivity index (χ0) is 17.7. The quantitative estimate of drug-likeness (QED) is 0.731. The van der Waals surface area contributed by atoms with Crippen LogP contribution in [0.4, 0.5) is 0 Å². The van der Waals surface area contributed by atoms with E-state index in [1.54, 1.807) is 0 Å². The molecule has 0 saturated carbocycles. The van der Waals surface area contributed by atoms with E-state index in [1.807, 2.05) is 6.92 Å². The van der Waals surface area contributed by atoms with Gasteiger partial charge in [-0.15, -0.1) is 0 Å². The lowest BCUT2D eigenvalue weighted by Gasteiger charge is -2.37. The number of hydrogen-bond acceptors (Lipinski definition) is 3. The summed E-state index contributed by atoms with van der Waals surface area (Å²) in [5, 5.41) is 13.0. The molecule has 1 aromatic rings. The van der Waals surface area contributed by atoms with Crippen molar-refractivity contribution in [2.45, 2.75) is 45.6 Å². The van der Waals surface area contributed by atoms with Gasteiger partial charge < -0.3 is 20.1 Å². The van der Waals surface area contributed by atoms with Crippen LogP contribution in [0.15, 0.2) is 12.1 Å². The summed E-state index contributed by atoms with van der Waals surface area (Å²) in [7, 11) is 0. The third-order valence-electron chi connectivity index (χ3n) is 4.70. The van der Waals surface area contributed by atoms with Crippen molar-refractivity contribution in [3.8, 4) is 11.5 Å². The third kappa shape index (κ3) is 4.54. The van der Waals surface area contributed by atoms with Crippen LogP contribution in [0.3, 0.4) is 0 Å². The molecule has 3 N–H and O–H groups in total. The van der Waals surface area contributed by atoms with Gasteiger partial charge in [0, 0.05) is 5.56 Å². The molecule has 134 valence electrons. The summed E-state index contributed by atoms with van der Waals surface area (Å²) in [5.41, 5.74) is 0.380. The molecule has 24 heavy (non-hydrogen) atoms. The molecule has 1 aliphatic rings. The number of ether oxygens (including phenoxy) is 1. The Morgan fingerprint density at radius 2 is 2.00 bits per heavy atom.